The summed E-state index contributed by atoms with van der Waals surface area (Å²) in [6, 6.07) is 8.19. The Balaban J connectivity index is 2.58. The summed E-state index contributed by atoms with van der Waals surface area (Å²) in [5.74, 6) is 1.96. The molecule has 0 aliphatic rings. The van der Waals surface area contributed by atoms with Crippen molar-refractivity contribution in [1.82, 2.24) is 0 Å². The van der Waals surface area contributed by atoms with Crippen LogP contribution >= 0.6 is 11.8 Å². The predicted molar refractivity (Wildman–Crippen MR) is 67.4 cm³/mol. The number of thioether (sulfide) groups is 1. The maximum Gasteiger partial charge on any atom is 0.123 e. The quantitative estimate of drug-likeness (QED) is 0.808. The van der Waals surface area contributed by atoms with Gasteiger partial charge in [-0.3, -0.25) is 0 Å². The molecule has 0 fully saturated rings. The first kappa shape index (κ1) is 12.4. The van der Waals surface area contributed by atoms with Crippen LogP contribution in [0.5, 0.6) is 5.75 Å². The average Bonchev–Trinajstić information content (AvgIpc) is 2.28. The number of hydrogen-bond acceptors (Lipinski definition) is 3. The molecule has 1 unspecified atom stereocenters. The fourth-order valence-electron chi connectivity index (χ4n) is 1.22. The fourth-order valence-corrected chi connectivity index (χ4v) is 2.06. The van der Waals surface area contributed by atoms with Crippen LogP contribution in [0.4, 0.5) is 0 Å². The van der Waals surface area contributed by atoms with E-state index >= 15 is 0 Å². The van der Waals surface area contributed by atoms with E-state index < -0.39 is 0 Å². The second-order valence-electron chi connectivity index (χ2n) is 3.40. The molecule has 1 aromatic rings. The zero-order valence-electron chi connectivity index (χ0n) is 9.40. The summed E-state index contributed by atoms with van der Waals surface area (Å²) in [4.78, 5) is 0. The highest BCUT2D eigenvalue weighted by Crippen LogP contribution is 2.24. The third-order valence-electron chi connectivity index (χ3n) is 2.13. The maximum atomic E-state index is 5.58. The molecule has 84 valence electrons. The van der Waals surface area contributed by atoms with Gasteiger partial charge in [-0.25, -0.2) is 0 Å². The van der Waals surface area contributed by atoms with Gasteiger partial charge in [-0.05, 0) is 13.0 Å². The highest BCUT2D eigenvalue weighted by atomic mass is 32.2. The molecule has 0 amide bonds. The van der Waals surface area contributed by atoms with E-state index in [4.69, 9.17) is 10.5 Å². The molecule has 1 atom stereocenters. The van der Waals surface area contributed by atoms with E-state index in [-0.39, 0.29) is 0 Å². The second-order valence-corrected chi connectivity index (χ2v) is 4.82. The van der Waals surface area contributed by atoms with E-state index in [1.165, 1.54) is 5.56 Å². The van der Waals surface area contributed by atoms with Crippen LogP contribution in [0.3, 0.4) is 0 Å². The number of rotatable bonds is 6. The van der Waals surface area contributed by atoms with E-state index in [9.17, 15) is 0 Å². The largest absolute Gasteiger partial charge is 0.494 e. The smallest absolute Gasteiger partial charge is 0.123 e. The first-order valence-corrected chi connectivity index (χ1v) is 6.35. The molecule has 15 heavy (non-hydrogen) atoms. The van der Waals surface area contributed by atoms with Gasteiger partial charge in [0.25, 0.3) is 0 Å². The van der Waals surface area contributed by atoms with Crippen LogP contribution in [0.25, 0.3) is 0 Å². The maximum absolute atomic E-state index is 5.58. The molecule has 2 nitrogen and oxygen atoms in total. The lowest BCUT2D eigenvalue weighted by Crippen LogP contribution is -2.12. The normalized spacial score (nSPS) is 12.5. The van der Waals surface area contributed by atoms with Gasteiger partial charge in [0, 0.05) is 23.1 Å². The molecule has 1 rings (SSSR count). The van der Waals surface area contributed by atoms with E-state index in [1.54, 1.807) is 0 Å². The SMILES string of the molecule is CCOc1ccccc1CSC(C)CN. The fraction of sp³-hybridized carbons (Fsp3) is 0.500. The van der Waals surface area contributed by atoms with Crippen LogP contribution < -0.4 is 10.5 Å². The Morgan fingerprint density at radius 2 is 2.13 bits per heavy atom. The first-order valence-electron chi connectivity index (χ1n) is 5.30. The molecule has 1 aromatic carbocycles. The van der Waals surface area contributed by atoms with Gasteiger partial charge in [-0.1, -0.05) is 25.1 Å². The number of para-hydroxylation sites is 1. The van der Waals surface area contributed by atoms with Crippen molar-refractivity contribution in [1.29, 1.82) is 0 Å². The number of benzene rings is 1. The number of ether oxygens (including phenoxy) is 1. The summed E-state index contributed by atoms with van der Waals surface area (Å²) >= 11 is 1.86. The molecule has 0 saturated heterocycles. The minimum atomic E-state index is 0.500. The van der Waals surface area contributed by atoms with Gasteiger partial charge in [0.2, 0.25) is 0 Å². The Kier molecular flexibility index (Phi) is 5.58. The minimum absolute atomic E-state index is 0.500. The van der Waals surface area contributed by atoms with E-state index in [2.05, 4.69) is 13.0 Å². The van der Waals surface area contributed by atoms with Crippen LogP contribution in [0, 0.1) is 0 Å². The van der Waals surface area contributed by atoms with Gasteiger partial charge in [-0.2, -0.15) is 11.8 Å². The van der Waals surface area contributed by atoms with Gasteiger partial charge in [-0.15, -0.1) is 0 Å². The summed E-state index contributed by atoms with van der Waals surface area (Å²) in [6.07, 6.45) is 0. The summed E-state index contributed by atoms with van der Waals surface area (Å²) in [7, 11) is 0. The van der Waals surface area contributed by atoms with Crippen molar-refractivity contribution in [2.45, 2.75) is 24.9 Å². The highest BCUT2D eigenvalue weighted by Gasteiger charge is 2.05. The van der Waals surface area contributed by atoms with Crippen molar-refractivity contribution in [2.75, 3.05) is 13.2 Å². The Labute approximate surface area is 96.2 Å². The molecular formula is C12H19NOS. The molecular weight excluding hydrogens is 206 g/mol. The third kappa shape index (κ3) is 4.14. The summed E-state index contributed by atoms with van der Waals surface area (Å²) < 4.78 is 5.56. The molecule has 0 bridgehead atoms. The van der Waals surface area contributed by atoms with Crippen molar-refractivity contribution >= 4 is 11.8 Å². The highest BCUT2D eigenvalue weighted by molar-refractivity contribution is 7.99. The standard InChI is InChI=1S/C12H19NOS/c1-3-14-12-7-5-4-6-11(12)9-15-10(2)8-13/h4-7,10H,3,8-9,13H2,1-2H3. The van der Waals surface area contributed by atoms with E-state index in [0.717, 1.165) is 18.0 Å². The van der Waals surface area contributed by atoms with Gasteiger partial charge in [0.15, 0.2) is 0 Å². The molecule has 0 spiro atoms. The molecule has 0 aromatic heterocycles. The Bertz CT molecular complexity index is 291. The van der Waals surface area contributed by atoms with Crippen LogP contribution in [0.15, 0.2) is 24.3 Å². The van der Waals surface area contributed by atoms with Crippen LogP contribution in [-0.4, -0.2) is 18.4 Å². The number of hydrogen-bond donors (Lipinski definition) is 1. The Morgan fingerprint density at radius 3 is 2.80 bits per heavy atom. The zero-order valence-corrected chi connectivity index (χ0v) is 10.2. The zero-order chi connectivity index (χ0) is 11.1. The molecule has 0 aliphatic heterocycles. The van der Waals surface area contributed by atoms with Crippen LogP contribution in [0.1, 0.15) is 19.4 Å². The molecule has 2 N–H and O–H groups in total. The Morgan fingerprint density at radius 1 is 1.40 bits per heavy atom. The van der Waals surface area contributed by atoms with Crippen molar-refractivity contribution in [3.8, 4) is 5.75 Å². The van der Waals surface area contributed by atoms with Gasteiger partial charge < -0.3 is 10.5 Å². The molecule has 3 heteroatoms. The summed E-state index contributed by atoms with van der Waals surface area (Å²) in [5.41, 5.74) is 6.84. The molecule has 0 radical (unpaired) electrons. The minimum Gasteiger partial charge on any atom is -0.494 e. The van der Waals surface area contributed by atoms with Crippen molar-refractivity contribution in [3.63, 3.8) is 0 Å². The number of nitrogens with two attached hydrogens (primary N) is 1. The lowest BCUT2D eigenvalue weighted by molar-refractivity contribution is 0.337. The van der Waals surface area contributed by atoms with Crippen molar-refractivity contribution in [3.05, 3.63) is 29.8 Å². The van der Waals surface area contributed by atoms with Crippen molar-refractivity contribution in [2.24, 2.45) is 5.73 Å². The van der Waals surface area contributed by atoms with E-state index in [0.29, 0.717) is 11.9 Å². The van der Waals surface area contributed by atoms with Gasteiger partial charge in [0.1, 0.15) is 5.75 Å². The topological polar surface area (TPSA) is 35.2 Å². The summed E-state index contributed by atoms with van der Waals surface area (Å²) in [5, 5.41) is 0.500. The van der Waals surface area contributed by atoms with E-state index in [1.807, 2.05) is 36.9 Å². The first-order chi connectivity index (χ1) is 7.27. The summed E-state index contributed by atoms with van der Waals surface area (Å²) in [6.45, 7) is 5.59. The van der Waals surface area contributed by atoms with Crippen LogP contribution in [0.2, 0.25) is 0 Å². The predicted octanol–water partition coefficient (Wildman–Crippen LogP) is 2.67. The lowest BCUT2D eigenvalue weighted by atomic mass is 10.2. The van der Waals surface area contributed by atoms with Gasteiger partial charge >= 0.3 is 0 Å². The monoisotopic (exact) mass is 225 g/mol. The second kappa shape index (κ2) is 6.75. The molecule has 0 saturated carbocycles. The van der Waals surface area contributed by atoms with Gasteiger partial charge in [0.05, 0.1) is 6.61 Å². The average molecular weight is 225 g/mol. The third-order valence-corrected chi connectivity index (χ3v) is 3.37. The lowest BCUT2D eigenvalue weighted by Gasteiger charge is -2.12. The Hall–Kier alpha value is -0.670. The molecule has 0 heterocycles. The van der Waals surface area contributed by atoms with Crippen molar-refractivity contribution < 1.29 is 4.74 Å². The van der Waals surface area contributed by atoms with Crippen LogP contribution in [-0.2, 0) is 5.75 Å². The molecule has 0 aliphatic carbocycles.